The average Bonchev–Trinajstić information content (AvgIpc) is 2.43. The highest BCUT2D eigenvalue weighted by atomic mass is 32.2. The van der Waals surface area contributed by atoms with E-state index in [0.717, 1.165) is 18.6 Å². The summed E-state index contributed by atoms with van der Waals surface area (Å²) < 4.78 is 44.5. The Bertz CT molecular complexity index is 603. The number of benzene rings is 1. The van der Waals surface area contributed by atoms with E-state index in [2.05, 4.69) is 4.72 Å². The molecule has 6 nitrogen and oxygen atoms in total. The first-order valence-corrected chi connectivity index (χ1v) is 7.88. The van der Waals surface area contributed by atoms with Crippen LogP contribution >= 0.6 is 0 Å². The van der Waals surface area contributed by atoms with Crippen LogP contribution < -0.4 is 9.46 Å². The zero-order valence-corrected chi connectivity index (χ0v) is 12.6. The zero-order chi connectivity index (χ0) is 16.0. The van der Waals surface area contributed by atoms with Crippen LogP contribution in [-0.2, 0) is 14.8 Å². The maximum absolute atomic E-state index is 13.5. The quantitative estimate of drug-likeness (QED) is 0.761. The van der Waals surface area contributed by atoms with Crippen molar-refractivity contribution < 1.29 is 27.4 Å². The molecular formula is C13H18FNO5S. The molecule has 0 aromatic heterocycles. The lowest BCUT2D eigenvalue weighted by molar-refractivity contribution is -0.139. The largest absolute Gasteiger partial charge is 0.494 e. The molecule has 0 heterocycles. The third-order valence-corrected chi connectivity index (χ3v) is 4.34. The third-order valence-electron chi connectivity index (χ3n) is 2.88. The zero-order valence-electron chi connectivity index (χ0n) is 11.8. The molecule has 0 aliphatic rings. The Hall–Kier alpha value is -1.67. The maximum Gasteiger partial charge on any atom is 0.321 e. The summed E-state index contributed by atoms with van der Waals surface area (Å²) in [6.07, 6.45) is 1.48. The minimum absolute atomic E-state index is 0.0882. The van der Waals surface area contributed by atoms with E-state index < -0.39 is 27.9 Å². The van der Waals surface area contributed by atoms with Gasteiger partial charge in [0, 0.05) is 0 Å². The first-order chi connectivity index (χ1) is 9.81. The van der Waals surface area contributed by atoms with Gasteiger partial charge in [0.15, 0.2) is 11.6 Å². The monoisotopic (exact) mass is 319 g/mol. The lowest BCUT2D eigenvalue weighted by Crippen LogP contribution is -2.40. The minimum atomic E-state index is -4.11. The molecule has 2 N–H and O–H groups in total. The van der Waals surface area contributed by atoms with E-state index in [0.29, 0.717) is 6.42 Å². The van der Waals surface area contributed by atoms with Crippen molar-refractivity contribution in [3.05, 3.63) is 24.0 Å². The Morgan fingerprint density at radius 3 is 2.62 bits per heavy atom. The SMILES string of the molecule is CCCCC(NS(=O)(=O)c1ccc(OC)c(F)c1)C(=O)O. The Morgan fingerprint density at radius 1 is 1.48 bits per heavy atom. The highest BCUT2D eigenvalue weighted by molar-refractivity contribution is 7.89. The number of hydrogen-bond acceptors (Lipinski definition) is 4. The summed E-state index contributed by atoms with van der Waals surface area (Å²) >= 11 is 0. The normalized spacial score (nSPS) is 12.9. The van der Waals surface area contributed by atoms with E-state index >= 15 is 0 Å². The van der Waals surface area contributed by atoms with Gasteiger partial charge in [0.1, 0.15) is 6.04 Å². The smallest absolute Gasteiger partial charge is 0.321 e. The standard InChI is InChI=1S/C13H18FNO5S/c1-3-4-5-11(13(16)17)15-21(18,19)9-6-7-12(20-2)10(14)8-9/h6-8,11,15H,3-5H2,1-2H3,(H,16,17). The summed E-state index contributed by atoms with van der Waals surface area (Å²) in [5, 5.41) is 9.03. The number of carboxylic acids is 1. The molecule has 0 bridgehead atoms. The van der Waals surface area contributed by atoms with Gasteiger partial charge in [-0.15, -0.1) is 0 Å². The summed E-state index contributed by atoms with van der Waals surface area (Å²) in [4.78, 5) is 10.7. The summed E-state index contributed by atoms with van der Waals surface area (Å²) in [5.74, 6) is -2.18. The highest BCUT2D eigenvalue weighted by Gasteiger charge is 2.25. The first-order valence-electron chi connectivity index (χ1n) is 6.40. The molecule has 0 fully saturated rings. The van der Waals surface area contributed by atoms with Crippen molar-refractivity contribution in [1.82, 2.24) is 4.72 Å². The Balaban J connectivity index is 2.99. The highest BCUT2D eigenvalue weighted by Crippen LogP contribution is 2.21. The second kappa shape index (κ2) is 7.37. The lowest BCUT2D eigenvalue weighted by atomic mass is 10.1. The van der Waals surface area contributed by atoms with Crippen LogP contribution in [0, 0.1) is 5.82 Å². The number of rotatable bonds is 8. The molecule has 0 saturated carbocycles. The number of carboxylic acid groups (broad SMARTS) is 1. The van der Waals surface area contributed by atoms with Gasteiger partial charge in [-0.1, -0.05) is 19.8 Å². The number of methoxy groups -OCH3 is 1. The summed E-state index contributed by atoms with van der Waals surface area (Å²) in [5.41, 5.74) is 0. The van der Waals surface area contributed by atoms with Crippen molar-refractivity contribution >= 4 is 16.0 Å². The summed E-state index contributed by atoms with van der Waals surface area (Å²) in [6, 6.07) is 1.88. The van der Waals surface area contributed by atoms with E-state index in [1.54, 1.807) is 0 Å². The second-order valence-corrected chi connectivity index (χ2v) is 6.16. The number of unbranched alkanes of at least 4 members (excludes halogenated alkanes) is 1. The van der Waals surface area contributed by atoms with Crippen LogP contribution in [0.15, 0.2) is 23.1 Å². The summed E-state index contributed by atoms with van der Waals surface area (Å²) in [6.45, 7) is 1.87. The third kappa shape index (κ3) is 4.68. The molecule has 1 aromatic carbocycles. The van der Waals surface area contributed by atoms with Gasteiger partial charge in [-0.25, -0.2) is 12.8 Å². The van der Waals surface area contributed by atoms with Crippen LogP contribution in [0.25, 0.3) is 0 Å². The minimum Gasteiger partial charge on any atom is -0.494 e. The van der Waals surface area contributed by atoms with Gasteiger partial charge in [0.2, 0.25) is 10.0 Å². The molecule has 0 aliphatic carbocycles. The molecule has 1 aromatic rings. The van der Waals surface area contributed by atoms with Crippen molar-refractivity contribution in [2.24, 2.45) is 0 Å². The van der Waals surface area contributed by atoms with Gasteiger partial charge >= 0.3 is 5.97 Å². The van der Waals surface area contributed by atoms with Crippen molar-refractivity contribution in [2.45, 2.75) is 37.1 Å². The number of ether oxygens (including phenoxy) is 1. The molecule has 0 amide bonds. The van der Waals surface area contributed by atoms with Crippen molar-refractivity contribution in [3.8, 4) is 5.75 Å². The van der Waals surface area contributed by atoms with E-state index in [4.69, 9.17) is 9.84 Å². The molecule has 0 aliphatic heterocycles. The second-order valence-electron chi connectivity index (χ2n) is 4.45. The van der Waals surface area contributed by atoms with Crippen molar-refractivity contribution in [3.63, 3.8) is 0 Å². The van der Waals surface area contributed by atoms with E-state index in [1.807, 2.05) is 6.92 Å². The Morgan fingerprint density at radius 2 is 2.14 bits per heavy atom. The number of nitrogens with one attached hydrogen (secondary N) is 1. The van der Waals surface area contributed by atoms with Gasteiger partial charge in [-0.05, 0) is 24.6 Å². The van der Waals surface area contributed by atoms with Crippen molar-refractivity contribution in [2.75, 3.05) is 7.11 Å². The van der Waals surface area contributed by atoms with E-state index in [1.165, 1.54) is 13.2 Å². The van der Waals surface area contributed by atoms with Gasteiger partial charge in [0.25, 0.3) is 0 Å². The van der Waals surface area contributed by atoms with Gasteiger partial charge in [0.05, 0.1) is 12.0 Å². The molecule has 118 valence electrons. The fourth-order valence-corrected chi connectivity index (χ4v) is 2.95. The number of carbonyl (C=O) groups is 1. The van der Waals surface area contributed by atoms with Gasteiger partial charge in [-0.2, -0.15) is 4.72 Å². The van der Waals surface area contributed by atoms with Gasteiger partial charge in [-0.3, -0.25) is 4.79 Å². The number of halogens is 1. The first kappa shape index (κ1) is 17.4. The predicted octanol–water partition coefficient (Wildman–Crippen LogP) is 1.76. The lowest BCUT2D eigenvalue weighted by Gasteiger charge is -2.14. The molecule has 21 heavy (non-hydrogen) atoms. The van der Waals surface area contributed by atoms with Gasteiger partial charge < -0.3 is 9.84 Å². The Labute approximate surface area is 123 Å². The van der Waals surface area contributed by atoms with Crippen LogP contribution in [0.2, 0.25) is 0 Å². The van der Waals surface area contributed by atoms with E-state index in [-0.39, 0.29) is 17.1 Å². The molecule has 8 heteroatoms. The molecule has 0 saturated heterocycles. The van der Waals surface area contributed by atoms with Crippen LogP contribution in [0.5, 0.6) is 5.75 Å². The summed E-state index contributed by atoms with van der Waals surface area (Å²) in [7, 11) is -2.85. The fraction of sp³-hybridized carbons (Fsp3) is 0.462. The van der Waals surface area contributed by atoms with Crippen LogP contribution in [-0.4, -0.2) is 32.6 Å². The van der Waals surface area contributed by atoms with Crippen LogP contribution in [0.3, 0.4) is 0 Å². The Kier molecular flexibility index (Phi) is 6.10. The molecule has 1 unspecified atom stereocenters. The molecule has 1 rings (SSSR count). The molecule has 1 atom stereocenters. The number of aliphatic carboxylic acids is 1. The van der Waals surface area contributed by atoms with Crippen LogP contribution in [0.1, 0.15) is 26.2 Å². The predicted molar refractivity (Wildman–Crippen MR) is 74.2 cm³/mol. The number of sulfonamides is 1. The molecule has 0 spiro atoms. The molecular weight excluding hydrogens is 301 g/mol. The number of hydrogen-bond donors (Lipinski definition) is 2. The molecule has 0 radical (unpaired) electrons. The maximum atomic E-state index is 13.5. The van der Waals surface area contributed by atoms with Crippen LogP contribution in [0.4, 0.5) is 4.39 Å². The topological polar surface area (TPSA) is 92.7 Å². The van der Waals surface area contributed by atoms with E-state index in [9.17, 15) is 17.6 Å². The average molecular weight is 319 g/mol. The fourth-order valence-electron chi connectivity index (χ4n) is 1.71. The van der Waals surface area contributed by atoms with Crippen molar-refractivity contribution in [1.29, 1.82) is 0 Å².